The van der Waals surface area contributed by atoms with Gasteiger partial charge in [0.2, 0.25) is 0 Å². The molecule has 0 aliphatic carbocycles. The van der Waals surface area contributed by atoms with Crippen LogP contribution in [0.5, 0.6) is 11.5 Å². The van der Waals surface area contributed by atoms with Crippen molar-refractivity contribution in [3.63, 3.8) is 0 Å². The zero-order valence-corrected chi connectivity index (χ0v) is 12.4. The number of rotatable bonds is 7. The van der Waals surface area contributed by atoms with Crippen LogP contribution in [-0.2, 0) is 6.54 Å². The molecule has 1 aromatic rings. The van der Waals surface area contributed by atoms with Gasteiger partial charge in [0.1, 0.15) is 0 Å². The molecule has 0 saturated carbocycles. The number of likely N-dealkylation sites (N-methyl/N-ethyl adjacent to an activating group) is 1. The molecule has 1 saturated heterocycles. The summed E-state index contributed by atoms with van der Waals surface area (Å²) in [6.07, 6.45) is 2.33. The summed E-state index contributed by atoms with van der Waals surface area (Å²) in [4.78, 5) is 2.37. The molecule has 4 nitrogen and oxygen atoms in total. The van der Waals surface area contributed by atoms with Crippen molar-refractivity contribution in [3.05, 3.63) is 23.8 Å². The summed E-state index contributed by atoms with van der Waals surface area (Å²) in [7, 11) is 3.38. The first kappa shape index (κ1) is 16.0. The lowest BCUT2D eigenvalue weighted by atomic mass is 10.1. The van der Waals surface area contributed by atoms with Crippen LogP contribution in [0.25, 0.3) is 0 Å². The van der Waals surface area contributed by atoms with E-state index in [0.717, 1.165) is 31.6 Å². The second-order valence-corrected chi connectivity index (χ2v) is 5.19. The Morgan fingerprint density at radius 2 is 2.19 bits per heavy atom. The van der Waals surface area contributed by atoms with Crippen LogP contribution < -0.4 is 14.8 Å². The summed E-state index contributed by atoms with van der Waals surface area (Å²) in [5.74, 6) is 0.418. The molecule has 1 aliphatic rings. The lowest BCUT2D eigenvalue weighted by Gasteiger charge is -2.24. The van der Waals surface area contributed by atoms with Crippen molar-refractivity contribution in [2.24, 2.45) is 0 Å². The zero-order chi connectivity index (χ0) is 15.2. The number of nitrogens with zero attached hydrogens (tertiary/aromatic N) is 1. The molecule has 1 fully saturated rings. The fraction of sp³-hybridized carbons (Fsp3) is 0.600. The molecule has 21 heavy (non-hydrogen) atoms. The van der Waals surface area contributed by atoms with Crippen molar-refractivity contribution < 1.29 is 18.3 Å². The SMILES string of the molecule is CNC[C@@H]1CCCN1Cc1ccc(OC)c(OC(F)F)c1. The van der Waals surface area contributed by atoms with Gasteiger partial charge in [-0.05, 0) is 44.1 Å². The minimum absolute atomic E-state index is 0.0920. The first-order chi connectivity index (χ1) is 10.1. The molecule has 1 aromatic carbocycles. The molecule has 1 aliphatic heterocycles. The van der Waals surface area contributed by atoms with E-state index in [0.29, 0.717) is 11.8 Å². The van der Waals surface area contributed by atoms with Gasteiger partial charge in [0.25, 0.3) is 0 Å². The van der Waals surface area contributed by atoms with Crippen LogP contribution in [-0.4, -0.2) is 44.8 Å². The van der Waals surface area contributed by atoms with Gasteiger partial charge >= 0.3 is 6.61 Å². The number of ether oxygens (including phenoxy) is 2. The maximum Gasteiger partial charge on any atom is 0.387 e. The van der Waals surface area contributed by atoms with Crippen LogP contribution in [0.1, 0.15) is 18.4 Å². The molecular formula is C15H22F2N2O2. The Morgan fingerprint density at radius 1 is 1.38 bits per heavy atom. The number of hydrogen-bond donors (Lipinski definition) is 1. The largest absolute Gasteiger partial charge is 0.493 e. The highest BCUT2D eigenvalue weighted by Gasteiger charge is 2.24. The Morgan fingerprint density at radius 3 is 2.86 bits per heavy atom. The average molecular weight is 300 g/mol. The average Bonchev–Trinajstić information content (AvgIpc) is 2.86. The highest BCUT2D eigenvalue weighted by molar-refractivity contribution is 5.43. The van der Waals surface area contributed by atoms with Gasteiger partial charge in [0.15, 0.2) is 11.5 Å². The lowest BCUT2D eigenvalue weighted by Crippen LogP contribution is -2.36. The van der Waals surface area contributed by atoms with Crippen LogP contribution in [0.4, 0.5) is 8.78 Å². The summed E-state index contributed by atoms with van der Waals surface area (Å²) in [6, 6.07) is 5.71. The van der Waals surface area contributed by atoms with E-state index in [2.05, 4.69) is 15.0 Å². The molecule has 118 valence electrons. The van der Waals surface area contributed by atoms with Gasteiger partial charge in [-0.3, -0.25) is 4.90 Å². The molecular weight excluding hydrogens is 278 g/mol. The van der Waals surface area contributed by atoms with E-state index in [9.17, 15) is 8.78 Å². The summed E-state index contributed by atoms with van der Waals surface area (Å²) in [5, 5.41) is 3.20. The van der Waals surface area contributed by atoms with Crippen LogP contribution in [0, 0.1) is 0 Å². The van der Waals surface area contributed by atoms with Crippen LogP contribution in [0.3, 0.4) is 0 Å². The Bertz CT molecular complexity index is 457. The summed E-state index contributed by atoms with van der Waals surface area (Å²) in [6.45, 7) is -0.145. The van der Waals surface area contributed by atoms with Crippen molar-refractivity contribution in [1.29, 1.82) is 0 Å². The van der Waals surface area contributed by atoms with E-state index in [1.807, 2.05) is 13.1 Å². The number of benzene rings is 1. The lowest BCUT2D eigenvalue weighted by molar-refractivity contribution is -0.0512. The third kappa shape index (κ3) is 4.28. The van der Waals surface area contributed by atoms with E-state index >= 15 is 0 Å². The molecule has 0 unspecified atom stereocenters. The van der Waals surface area contributed by atoms with E-state index in [4.69, 9.17) is 4.74 Å². The highest BCUT2D eigenvalue weighted by atomic mass is 19.3. The molecule has 1 atom stereocenters. The van der Waals surface area contributed by atoms with Gasteiger partial charge in [-0.1, -0.05) is 6.07 Å². The number of methoxy groups -OCH3 is 1. The topological polar surface area (TPSA) is 33.7 Å². The number of nitrogens with one attached hydrogen (secondary N) is 1. The molecule has 0 radical (unpaired) electrons. The summed E-state index contributed by atoms with van der Waals surface area (Å²) in [5.41, 5.74) is 0.953. The predicted molar refractivity (Wildman–Crippen MR) is 77.0 cm³/mol. The first-order valence-electron chi connectivity index (χ1n) is 7.14. The highest BCUT2D eigenvalue weighted by Crippen LogP contribution is 2.30. The second-order valence-electron chi connectivity index (χ2n) is 5.19. The van der Waals surface area contributed by atoms with Gasteiger partial charge in [-0.25, -0.2) is 0 Å². The minimum atomic E-state index is -2.85. The van der Waals surface area contributed by atoms with Gasteiger partial charge in [0.05, 0.1) is 7.11 Å². The molecule has 1 N–H and O–H groups in total. The van der Waals surface area contributed by atoms with Crippen molar-refractivity contribution in [1.82, 2.24) is 10.2 Å². The van der Waals surface area contributed by atoms with Crippen molar-refractivity contribution in [3.8, 4) is 11.5 Å². The third-order valence-electron chi connectivity index (χ3n) is 3.77. The second kappa shape index (κ2) is 7.56. The van der Waals surface area contributed by atoms with Gasteiger partial charge in [-0.15, -0.1) is 0 Å². The number of likely N-dealkylation sites (tertiary alicyclic amines) is 1. The molecule has 0 spiro atoms. The quantitative estimate of drug-likeness (QED) is 0.839. The summed E-state index contributed by atoms with van der Waals surface area (Å²) >= 11 is 0. The maximum absolute atomic E-state index is 12.4. The number of alkyl halides is 2. The molecule has 0 aromatic heterocycles. The van der Waals surface area contributed by atoms with Crippen LogP contribution >= 0.6 is 0 Å². The fourth-order valence-corrected chi connectivity index (χ4v) is 2.81. The third-order valence-corrected chi connectivity index (χ3v) is 3.77. The number of hydrogen-bond acceptors (Lipinski definition) is 4. The predicted octanol–water partition coefficient (Wildman–Crippen LogP) is 2.48. The Hall–Kier alpha value is -1.40. The van der Waals surface area contributed by atoms with Gasteiger partial charge < -0.3 is 14.8 Å². The Balaban J connectivity index is 2.09. The molecule has 0 bridgehead atoms. The van der Waals surface area contributed by atoms with Gasteiger partial charge in [-0.2, -0.15) is 8.78 Å². The van der Waals surface area contributed by atoms with Crippen molar-refractivity contribution in [2.75, 3.05) is 27.2 Å². The smallest absolute Gasteiger partial charge is 0.387 e. The van der Waals surface area contributed by atoms with Crippen molar-refractivity contribution in [2.45, 2.75) is 32.0 Å². The molecule has 6 heteroatoms. The molecule has 1 heterocycles. The Labute approximate surface area is 124 Å². The van der Waals surface area contributed by atoms with E-state index in [1.165, 1.54) is 13.5 Å². The van der Waals surface area contributed by atoms with E-state index in [1.54, 1.807) is 12.1 Å². The molecule has 2 rings (SSSR count). The molecule has 0 amide bonds. The fourth-order valence-electron chi connectivity index (χ4n) is 2.81. The number of halogens is 2. The van der Waals surface area contributed by atoms with Crippen molar-refractivity contribution >= 4 is 0 Å². The first-order valence-corrected chi connectivity index (χ1v) is 7.14. The van der Waals surface area contributed by atoms with E-state index in [-0.39, 0.29) is 5.75 Å². The van der Waals surface area contributed by atoms with E-state index < -0.39 is 6.61 Å². The maximum atomic E-state index is 12.4. The summed E-state index contributed by atoms with van der Waals surface area (Å²) < 4.78 is 34.5. The normalized spacial score (nSPS) is 19.2. The minimum Gasteiger partial charge on any atom is -0.493 e. The monoisotopic (exact) mass is 300 g/mol. The standard InChI is InChI=1S/C15H22F2N2O2/c1-18-9-12-4-3-7-19(12)10-11-5-6-13(20-2)14(8-11)21-15(16)17/h5-6,8,12,15,18H,3-4,7,9-10H2,1-2H3/t12-/m0/s1. The van der Waals surface area contributed by atoms with Crippen LogP contribution in [0.15, 0.2) is 18.2 Å². The zero-order valence-electron chi connectivity index (χ0n) is 12.4. The Kier molecular flexibility index (Phi) is 5.76. The van der Waals surface area contributed by atoms with Crippen LogP contribution in [0.2, 0.25) is 0 Å². The van der Waals surface area contributed by atoms with Gasteiger partial charge in [0, 0.05) is 19.1 Å².